The van der Waals surface area contributed by atoms with Gasteiger partial charge in [-0.2, -0.15) is 5.26 Å². The summed E-state index contributed by atoms with van der Waals surface area (Å²) in [6.07, 6.45) is 1.22. The highest BCUT2D eigenvalue weighted by Gasteiger charge is 2.24. The third kappa shape index (κ3) is 4.12. The minimum atomic E-state index is -0.247. The number of hydrogen-bond acceptors (Lipinski definition) is 3. The second-order valence-electron chi connectivity index (χ2n) is 5.09. The molecule has 0 saturated carbocycles. The molecule has 0 spiro atoms. The number of carbonyl (C=O) groups is 2. The van der Waals surface area contributed by atoms with Crippen LogP contribution in [0.1, 0.15) is 29.6 Å². The molecule has 1 aliphatic rings. The largest absolute Gasteiger partial charge is 0.349 e. The third-order valence-electron chi connectivity index (χ3n) is 3.59. The van der Waals surface area contributed by atoms with E-state index in [4.69, 9.17) is 28.5 Å². The Morgan fingerprint density at radius 2 is 2.00 bits per heavy atom. The predicted molar refractivity (Wildman–Crippen MR) is 83.8 cm³/mol. The zero-order valence-electron chi connectivity index (χ0n) is 11.8. The average molecular weight is 340 g/mol. The summed E-state index contributed by atoms with van der Waals surface area (Å²) in [7, 11) is 0. The molecule has 0 radical (unpaired) electrons. The van der Waals surface area contributed by atoms with Crippen LogP contribution in [0, 0.1) is 11.3 Å². The van der Waals surface area contributed by atoms with E-state index in [1.165, 1.54) is 6.07 Å². The Morgan fingerprint density at radius 1 is 1.32 bits per heavy atom. The molecule has 1 saturated heterocycles. The van der Waals surface area contributed by atoms with Crippen molar-refractivity contribution >= 4 is 35.0 Å². The Morgan fingerprint density at radius 3 is 2.59 bits per heavy atom. The monoisotopic (exact) mass is 339 g/mol. The number of hydrogen-bond donors (Lipinski definition) is 1. The lowest BCUT2D eigenvalue weighted by atomic mass is 10.0. The maximum Gasteiger partial charge on any atom is 0.253 e. The first-order valence-electron chi connectivity index (χ1n) is 6.92. The number of amides is 2. The van der Waals surface area contributed by atoms with Crippen LogP contribution in [0.4, 0.5) is 0 Å². The number of likely N-dealkylation sites (tertiary alicyclic amines) is 1. The molecule has 0 aliphatic carbocycles. The topological polar surface area (TPSA) is 73.2 Å². The Balaban J connectivity index is 1.89. The van der Waals surface area contributed by atoms with Crippen molar-refractivity contribution in [3.8, 4) is 6.07 Å². The Kier molecular flexibility index (Phi) is 5.64. The molecule has 7 heteroatoms. The van der Waals surface area contributed by atoms with Gasteiger partial charge in [0.2, 0.25) is 5.91 Å². The van der Waals surface area contributed by atoms with E-state index in [9.17, 15) is 9.59 Å². The van der Waals surface area contributed by atoms with Gasteiger partial charge >= 0.3 is 0 Å². The van der Waals surface area contributed by atoms with Crippen LogP contribution in [0.2, 0.25) is 10.0 Å². The van der Waals surface area contributed by atoms with E-state index in [2.05, 4.69) is 5.32 Å². The van der Waals surface area contributed by atoms with Crippen molar-refractivity contribution in [3.05, 3.63) is 33.8 Å². The quantitative estimate of drug-likeness (QED) is 0.919. The van der Waals surface area contributed by atoms with Gasteiger partial charge in [-0.05, 0) is 31.0 Å². The number of nitrogens with zero attached hydrogens (tertiary/aromatic N) is 2. The maximum absolute atomic E-state index is 12.2. The highest BCUT2D eigenvalue weighted by molar-refractivity contribution is 6.36. The van der Waals surface area contributed by atoms with E-state index in [1.54, 1.807) is 17.0 Å². The summed E-state index contributed by atoms with van der Waals surface area (Å²) >= 11 is 11.8. The van der Waals surface area contributed by atoms with Crippen molar-refractivity contribution in [2.75, 3.05) is 13.1 Å². The summed E-state index contributed by atoms with van der Waals surface area (Å²) in [4.78, 5) is 25.5. The van der Waals surface area contributed by atoms with E-state index in [0.717, 1.165) is 0 Å². The second kappa shape index (κ2) is 7.48. The van der Waals surface area contributed by atoms with Gasteiger partial charge in [0.25, 0.3) is 5.91 Å². The fourth-order valence-corrected chi connectivity index (χ4v) is 2.88. The zero-order chi connectivity index (χ0) is 16.1. The smallest absolute Gasteiger partial charge is 0.253 e. The lowest BCUT2D eigenvalue weighted by Crippen LogP contribution is -2.46. The lowest BCUT2D eigenvalue weighted by Gasteiger charge is -2.32. The molecule has 2 rings (SSSR count). The summed E-state index contributed by atoms with van der Waals surface area (Å²) < 4.78 is 0. The molecule has 2 amide bonds. The number of piperidine rings is 1. The van der Waals surface area contributed by atoms with Crippen LogP contribution >= 0.6 is 23.2 Å². The first-order chi connectivity index (χ1) is 10.5. The van der Waals surface area contributed by atoms with Crippen LogP contribution < -0.4 is 5.32 Å². The van der Waals surface area contributed by atoms with Gasteiger partial charge in [-0.3, -0.25) is 9.59 Å². The maximum atomic E-state index is 12.2. The SMILES string of the molecule is N#CCC(=O)N1CCC(NC(=O)c2ccc(Cl)cc2Cl)CC1. The number of rotatable bonds is 3. The highest BCUT2D eigenvalue weighted by Crippen LogP contribution is 2.21. The second-order valence-corrected chi connectivity index (χ2v) is 5.93. The van der Waals surface area contributed by atoms with Gasteiger partial charge < -0.3 is 10.2 Å². The molecule has 22 heavy (non-hydrogen) atoms. The van der Waals surface area contributed by atoms with Crippen LogP contribution in [-0.2, 0) is 4.79 Å². The number of nitriles is 1. The van der Waals surface area contributed by atoms with Gasteiger partial charge in [0.15, 0.2) is 0 Å². The summed E-state index contributed by atoms with van der Waals surface area (Å²) in [5.41, 5.74) is 0.383. The van der Waals surface area contributed by atoms with Gasteiger partial charge in [-0.1, -0.05) is 23.2 Å². The van der Waals surface area contributed by atoms with Crippen molar-refractivity contribution in [2.24, 2.45) is 0 Å². The highest BCUT2D eigenvalue weighted by atomic mass is 35.5. The molecule has 0 bridgehead atoms. The predicted octanol–water partition coefficient (Wildman–Crippen LogP) is 2.63. The van der Waals surface area contributed by atoms with Crippen LogP contribution in [-0.4, -0.2) is 35.8 Å². The van der Waals surface area contributed by atoms with Crippen LogP contribution in [0.15, 0.2) is 18.2 Å². The Bertz CT molecular complexity index is 620. The lowest BCUT2D eigenvalue weighted by molar-refractivity contribution is -0.131. The van der Waals surface area contributed by atoms with E-state index >= 15 is 0 Å². The zero-order valence-corrected chi connectivity index (χ0v) is 13.3. The van der Waals surface area contributed by atoms with Gasteiger partial charge in [0.05, 0.1) is 16.7 Å². The molecule has 0 aromatic heterocycles. The van der Waals surface area contributed by atoms with Gasteiger partial charge in [0.1, 0.15) is 6.42 Å². The molecule has 1 fully saturated rings. The van der Waals surface area contributed by atoms with Gasteiger partial charge in [-0.15, -0.1) is 0 Å². The summed E-state index contributed by atoms with van der Waals surface area (Å²) in [6.45, 7) is 1.08. The van der Waals surface area contributed by atoms with Crippen molar-refractivity contribution in [1.82, 2.24) is 10.2 Å². The van der Waals surface area contributed by atoms with E-state index in [0.29, 0.717) is 41.5 Å². The molecular weight excluding hydrogens is 325 g/mol. The Hall–Kier alpha value is -1.77. The standard InChI is InChI=1S/C15H15Cl2N3O2/c16-10-1-2-12(13(17)9-10)15(22)19-11-4-7-20(8-5-11)14(21)3-6-18/h1-2,9,11H,3-5,7-8H2,(H,19,22). The molecule has 116 valence electrons. The summed E-state index contributed by atoms with van der Waals surface area (Å²) in [5, 5.41) is 12.2. The van der Waals surface area contributed by atoms with Crippen LogP contribution in [0.25, 0.3) is 0 Å². The number of carbonyl (C=O) groups excluding carboxylic acids is 2. The molecule has 1 aromatic rings. The molecule has 1 heterocycles. The van der Waals surface area contributed by atoms with Crippen molar-refractivity contribution in [1.29, 1.82) is 5.26 Å². The fraction of sp³-hybridized carbons (Fsp3) is 0.400. The molecule has 1 aliphatic heterocycles. The van der Waals surface area contributed by atoms with Gasteiger partial charge in [-0.25, -0.2) is 0 Å². The van der Waals surface area contributed by atoms with Crippen LogP contribution in [0.3, 0.4) is 0 Å². The van der Waals surface area contributed by atoms with E-state index in [1.807, 2.05) is 6.07 Å². The van der Waals surface area contributed by atoms with Crippen molar-refractivity contribution in [2.45, 2.75) is 25.3 Å². The molecule has 1 N–H and O–H groups in total. The first-order valence-corrected chi connectivity index (χ1v) is 7.67. The summed E-state index contributed by atoms with van der Waals surface area (Å²) in [5.74, 6) is -0.406. The van der Waals surface area contributed by atoms with Crippen LogP contribution in [0.5, 0.6) is 0 Å². The molecule has 0 atom stereocenters. The summed E-state index contributed by atoms with van der Waals surface area (Å²) in [6, 6.07) is 6.58. The molecule has 0 unspecified atom stereocenters. The Labute approximate surface area is 138 Å². The van der Waals surface area contributed by atoms with Gasteiger partial charge in [0, 0.05) is 24.2 Å². The molecular formula is C15H15Cl2N3O2. The normalized spacial score (nSPS) is 15.2. The van der Waals surface area contributed by atoms with Crippen molar-refractivity contribution < 1.29 is 9.59 Å². The molecule has 1 aromatic carbocycles. The minimum absolute atomic E-state index is 0.00891. The first kappa shape index (κ1) is 16.6. The third-order valence-corrected chi connectivity index (χ3v) is 4.14. The van der Waals surface area contributed by atoms with E-state index in [-0.39, 0.29) is 24.3 Å². The number of benzene rings is 1. The van der Waals surface area contributed by atoms with Crippen molar-refractivity contribution in [3.63, 3.8) is 0 Å². The number of nitrogens with one attached hydrogen (secondary N) is 1. The minimum Gasteiger partial charge on any atom is -0.349 e. The average Bonchev–Trinajstić information content (AvgIpc) is 2.48. The number of halogens is 2. The molecule has 5 nitrogen and oxygen atoms in total. The van der Waals surface area contributed by atoms with E-state index < -0.39 is 0 Å². The fourth-order valence-electron chi connectivity index (χ4n) is 2.39.